The molecule has 3 nitrogen and oxygen atoms in total. The summed E-state index contributed by atoms with van der Waals surface area (Å²) in [5.74, 6) is 1.31. The Hall–Kier alpha value is -2.03. The van der Waals surface area contributed by atoms with Crippen molar-refractivity contribution in [1.82, 2.24) is 0 Å². The molecule has 2 aromatic rings. The van der Waals surface area contributed by atoms with E-state index in [1.54, 1.807) is 12.1 Å². The molecule has 0 unspecified atom stereocenters. The van der Waals surface area contributed by atoms with E-state index in [1.807, 2.05) is 31.2 Å². The summed E-state index contributed by atoms with van der Waals surface area (Å²) >= 11 is 0. The van der Waals surface area contributed by atoms with Gasteiger partial charge in [0.05, 0.1) is 0 Å². The summed E-state index contributed by atoms with van der Waals surface area (Å²) in [5, 5.41) is 11.0. The minimum atomic E-state index is 0.543. The van der Waals surface area contributed by atoms with E-state index >= 15 is 0 Å². The first-order chi connectivity index (χ1) is 7.25. The van der Waals surface area contributed by atoms with Crippen LogP contribution in [-0.4, -0.2) is 0 Å². The van der Waals surface area contributed by atoms with Gasteiger partial charge in [-0.25, -0.2) is 0 Å². The van der Waals surface area contributed by atoms with Gasteiger partial charge in [-0.15, -0.1) is 0 Å². The van der Waals surface area contributed by atoms with E-state index in [0.717, 1.165) is 11.3 Å². The number of hydrogen-bond acceptors (Lipinski definition) is 2. The topological polar surface area (TPSA) is 36.2 Å². The van der Waals surface area contributed by atoms with E-state index in [4.69, 9.17) is 4.74 Å². The lowest BCUT2D eigenvalue weighted by Crippen LogP contribution is -2.23. The van der Waals surface area contributed by atoms with Gasteiger partial charge in [0, 0.05) is 6.07 Å². The van der Waals surface area contributed by atoms with Crippen molar-refractivity contribution in [2.75, 3.05) is 0 Å². The van der Waals surface area contributed by atoms with E-state index in [9.17, 15) is 5.21 Å². The summed E-state index contributed by atoms with van der Waals surface area (Å²) in [6.07, 6.45) is 2.82. The van der Waals surface area contributed by atoms with Crippen molar-refractivity contribution in [1.29, 1.82) is 0 Å². The van der Waals surface area contributed by atoms with Gasteiger partial charge in [-0.3, -0.25) is 0 Å². The molecule has 0 spiro atoms. The Balaban J connectivity index is 2.26. The van der Waals surface area contributed by atoms with Crippen molar-refractivity contribution in [2.24, 2.45) is 0 Å². The molecule has 1 aromatic heterocycles. The number of nitrogens with zero attached hydrogens (tertiary/aromatic N) is 1. The second kappa shape index (κ2) is 4.00. The zero-order chi connectivity index (χ0) is 10.7. The van der Waals surface area contributed by atoms with Gasteiger partial charge >= 0.3 is 0 Å². The van der Waals surface area contributed by atoms with E-state index in [2.05, 4.69) is 0 Å². The van der Waals surface area contributed by atoms with Crippen LogP contribution in [0.2, 0.25) is 0 Å². The molecule has 15 heavy (non-hydrogen) atoms. The lowest BCUT2D eigenvalue weighted by Gasteiger charge is -2.07. The Morgan fingerprint density at radius 3 is 2.67 bits per heavy atom. The SMILES string of the molecule is Cc1ccccc1Oc1ccc[n+]([O-])c1. The average Bonchev–Trinajstić information content (AvgIpc) is 2.22. The van der Waals surface area contributed by atoms with Gasteiger partial charge in [0.1, 0.15) is 5.75 Å². The Morgan fingerprint density at radius 2 is 1.93 bits per heavy atom. The second-order valence-corrected chi connectivity index (χ2v) is 3.27. The summed E-state index contributed by atoms with van der Waals surface area (Å²) in [7, 11) is 0. The molecule has 0 amide bonds. The summed E-state index contributed by atoms with van der Waals surface area (Å²) in [6.45, 7) is 1.96. The van der Waals surface area contributed by atoms with Gasteiger partial charge in [0.25, 0.3) is 0 Å². The third-order valence-electron chi connectivity index (χ3n) is 2.07. The number of ether oxygens (including phenoxy) is 1. The van der Waals surface area contributed by atoms with Gasteiger partial charge in [-0.1, -0.05) is 18.2 Å². The summed E-state index contributed by atoms with van der Waals surface area (Å²) < 4.78 is 6.28. The largest absolute Gasteiger partial charge is 0.619 e. The van der Waals surface area contributed by atoms with Gasteiger partial charge in [0.2, 0.25) is 6.20 Å². The van der Waals surface area contributed by atoms with E-state index in [0.29, 0.717) is 10.5 Å². The van der Waals surface area contributed by atoms with Crippen LogP contribution in [0, 0.1) is 12.1 Å². The van der Waals surface area contributed by atoms with Crippen LogP contribution in [0.3, 0.4) is 0 Å². The first-order valence-electron chi connectivity index (χ1n) is 4.68. The molecule has 0 atom stereocenters. The highest BCUT2D eigenvalue weighted by Crippen LogP contribution is 2.22. The second-order valence-electron chi connectivity index (χ2n) is 3.27. The highest BCUT2D eigenvalue weighted by molar-refractivity contribution is 5.35. The molecule has 76 valence electrons. The van der Waals surface area contributed by atoms with Gasteiger partial charge in [0.15, 0.2) is 11.9 Å². The lowest BCUT2D eigenvalue weighted by atomic mass is 10.2. The molecule has 0 aliphatic rings. The fourth-order valence-corrected chi connectivity index (χ4v) is 1.29. The highest BCUT2D eigenvalue weighted by Gasteiger charge is 2.02. The molecule has 3 heteroatoms. The van der Waals surface area contributed by atoms with Crippen LogP contribution in [0.1, 0.15) is 5.56 Å². The number of para-hydroxylation sites is 1. The number of aromatic nitrogens is 1. The maximum Gasteiger partial charge on any atom is 0.223 e. The predicted molar refractivity (Wildman–Crippen MR) is 56.7 cm³/mol. The molecule has 2 rings (SSSR count). The van der Waals surface area contributed by atoms with Crippen LogP contribution in [0.15, 0.2) is 48.8 Å². The van der Waals surface area contributed by atoms with Crippen LogP contribution in [0.4, 0.5) is 0 Å². The summed E-state index contributed by atoms with van der Waals surface area (Å²) in [5.41, 5.74) is 1.04. The number of aryl methyl sites for hydroxylation is 1. The molecule has 1 heterocycles. The smallest absolute Gasteiger partial charge is 0.223 e. The number of pyridine rings is 1. The Kier molecular flexibility index (Phi) is 2.54. The number of rotatable bonds is 2. The van der Waals surface area contributed by atoms with Crippen LogP contribution in [0.5, 0.6) is 11.5 Å². The quantitative estimate of drug-likeness (QED) is 0.552. The molecular weight excluding hydrogens is 190 g/mol. The van der Waals surface area contributed by atoms with Crippen LogP contribution in [-0.2, 0) is 0 Å². The van der Waals surface area contributed by atoms with Crippen molar-refractivity contribution < 1.29 is 9.47 Å². The standard InChI is InChI=1S/C12H11NO2/c1-10-5-2-3-7-12(10)15-11-6-4-8-13(14)9-11/h2-9H,1H3. The highest BCUT2D eigenvalue weighted by atomic mass is 16.5. The Morgan fingerprint density at radius 1 is 1.13 bits per heavy atom. The van der Waals surface area contributed by atoms with Gasteiger partial charge < -0.3 is 9.94 Å². The van der Waals surface area contributed by atoms with Gasteiger partial charge in [-0.2, -0.15) is 4.73 Å². The van der Waals surface area contributed by atoms with Gasteiger partial charge in [-0.05, 0) is 24.6 Å². The van der Waals surface area contributed by atoms with E-state index in [-0.39, 0.29) is 0 Å². The summed E-state index contributed by atoms with van der Waals surface area (Å²) in [6, 6.07) is 11.1. The maximum atomic E-state index is 11.0. The van der Waals surface area contributed by atoms with Crippen molar-refractivity contribution in [3.05, 3.63) is 59.6 Å². The Labute approximate surface area is 88.1 Å². The zero-order valence-electron chi connectivity index (χ0n) is 8.38. The molecule has 1 aromatic carbocycles. The van der Waals surface area contributed by atoms with Crippen LogP contribution in [0.25, 0.3) is 0 Å². The molecule has 0 fully saturated rings. The first-order valence-corrected chi connectivity index (χ1v) is 4.68. The minimum absolute atomic E-state index is 0.543. The fraction of sp³-hybridized carbons (Fsp3) is 0.0833. The molecule has 0 radical (unpaired) electrons. The molecule has 0 saturated carbocycles. The van der Waals surface area contributed by atoms with Crippen LogP contribution >= 0.6 is 0 Å². The third-order valence-corrected chi connectivity index (χ3v) is 2.07. The monoisotopic (exact) mass is 201 g/mol. The minimum Gasteiger partial charge on any atom is -0.619 e. The van der Waals surface area contributed by atoms with Crippen LogP contribution < -0.4 is 9.47 Å². The number of hydrogen-bond donors (Lipinski definition) is 0. The van der Waals surface area contributed by atoms with Crippen molar-refractivity contribution in [3.63, 3.8) is 0 Å². The Bertz CT molecular complexity index is 469. The van der Waals surface area contributed by atoms with Crippen molar-refractivity contribution >= 4 is 0 Å². The fourth-order valence-electron chi connectivity index (χ4n) is 1.29. The molecule has 0 saturated heterocycles. The molecular formula is C12H11NO2. The normalized spacial score (nSPS) is 9.93. The first kappa shape index (κ1) is 9.52. The van der Waals surface area contributed by atoms with E-state index in [1.165, 1.54) is 12.4 Å². The number of benzene rings is 1. The van der Waals surface area contributed by atoms with E-state index < -0.39 is 0 Å². The molecule has 0 N–H and O–H groups in total. The third kappa shape index (κ3) is 2.26. The summed E-state index contributed by atoms with van der Waals surface area (Å²) in [4.78, 5) is 0. The lowest BCUT2D eigenvalue weighted by molar-refractivity contribution is -0.605. The van der Waals surface area contributed by atoms with Crippen molar-refractivity contribution in [3.8, 4) is 11.5 Å². The van der Waals surface area contributed by atoms with Crippen molar-refractivity contribution in [2.45, 2.75) is 6.92 Å². The molecule has 0 aliphatic heterocycles. The molecule has 0 aliphatic carbocycles. The molecule has 0 bridgehead atoms. The maximum absolute atomic E-state index is 11.0. The zero-order valence-corrected chi connectivity index (χ0v) is 8.38. The average molecular weight is 201 g/mol. The predicted octanol–water partition coefficient (Wildman–Crippen LogP) is 2.42.